The van der Waals surface area contributed by atoms with Crippen molar-refractivity contribution in [3.63, 3.8) is 0 Å². The van der Waals surface area contributed by atoms with Crippen molar-refractivity contribution in [1.82, 2.24) is 0 Å². The molecule has 0 saturated heterocycles. The molecule has 2 atom stereocenters. The molecule has 0 saturated carbocycles. The number of nitrogens with zero attached hydrogens (tertiary/aromatic N) is 2. The second-order valence-electron chi connectivity index (χ2n) is 18.2. The van der Waals surface area contributed by atoms with Crippen LogP contribution in [-0.2, 0) is 5.41 Å². The van der Waals surface area contributed by atoms with E-state index in [1.807, 2.05) is 6.07 Å². The third kappa shape index (κ3) is 5.53. The summed E-state index contributed by atoms with van der Waals surface area (Å²) >= 11 is 0. The van der Waals surface area contributed by atoms with Gasteiger partial charge in [0.25, 0.3) is 0 Å². The van der Waals surface area contributed by atoms with Gasteiger partial charge in [0.1, 0.15) is 17.4 Å². The highest BCUT2D eigenvalue weighted by atomic mass is 16.5. The summed E-state index contributed by atoms with van der Waals surface area (Å²) in [5, 5.41) is 9.76. The van der Waals surface area contributed by atoms with Crippen LogP contribution in [0.25, 0.3) is 54.3 Å². The second kappa shape index (κ2) is 14.1. The number of para-hydroxylation sites is 5. The van der Waals surface area contributed by atoms with Crippen LogP contribution in [0.3, 0.4) is 0 Å². The van der Waals surface area contributed by atoms with Gasteiger partial charge in [0.15, 0.2) is 5.58 Å². The van der Waals surface area contributed by atoms with Crippen LogP contribution in [0.5, 0.6) is 5.75 Å². The second-order valence-corrected chi connectivity index (χ2v) is 18.2. The standard InChI is InChI=1S/C59H48N2O2/c1-36(2)46-34-51(60(38-18-8-6-9-19-38)49-25-16-23-43-40-22-12-13-27-53(40)62-57(43)49)44-31-29-42-47(37(3)4)35-52(45-32-30-41(46)55(44)56(42)45)61(39-20-10-7-11-21-39)50-26-17-24-48-58(50)63-54-28-14-15-33-59(48,54)5/h6-37,54H,1-5H3. The highest BCUT2D eigenvalue weighted by Crippen LogP contribution is 2.56. The van der Waals surface area contributed by atoms with E-state index in [0.29, 0.717) is 0 Å². The molecular weight excluding hydrogens is 769 g/mol. The van der Waals surface area contributed by atoms with E-state index in [1.165, 1.54) is 49.0 Å². The maximum Gasteiger partial charge on any atom is 0.159 e. The summed E-state index contributed by atoms with van der Waals surface area (Å²) in [4.78, 5) is 4.88. The minimum Gasteiger partial charge on any atom is -0.483 e. The summed E-state index contributed by atoms with van der Waals surface area (Å²) in [6.07, 6.45) is 8.68. The van der Waals surface area contributed by atoms with Gasteiger partial charge >= 0.3 is 0 Å². The quantitative estimate of drug-likeness (QED) is 0.143. The zero-order valence-electron chi connectivity index (χ0n) is 36.3. The fraction of sp³-hybridized carbons (Fsp3) is 0.153. The Labute approximate surface area is 368 Å². The molecule has 4 nitrogen and oxygen atoms in total. The third-order valence-electron chi connectivity index (χ3n) is 13.8. The average molecular weight is 817 g/mol. The number of benzene rings is 9. The first-order valence-corrected chi connectivity index (χ1v) is 22.3. The minimum atomic E-state index is -0.255. The van der Waals surface area contributed by atoms with Crippen molar-refractivity contribution < 1.29 is 9.15 Å². The van der Waals surface area contributed by atoms with E-state index in [0.717, 1.165) is 61.8 Å². The summed E-state index contributed by atoms with van der Waals surface area (Å²) in [5.74, 6) is 1.45. The van der Waals surface area contributed by atoms with Crippen molar-refractivity contribution in [3.8, 4) is 5.75 Å². The Morgan fingerprint density at radius 3 is 1.67 bits per heavy atom. The average Bonchev–Trinajstić information content (AvgIpc) is 3.85. The van der Waals surface area contributed by atoms with Crippen LogP contribution in [0.1, 0.15) is 63.1 Å². The molecule has 0 radical (unpaired) electrons. The van der Waals surface area contributed by atoms with E-state index in [1.54, 1.807) is 0 Å². The zero-order valence-corrected chi connectivity index (χ0v) is 36.3. The Hall–Kier alpha value is -7.30. The van der Waals surface area contributed by atoms with Gasteiger partial charge in [-0.05, 0) is 112 Å². The highest BCUT2D eigenvalue weighted by Gasteiger charge is 2.45. The van der Waals surface area contributed by atoms with Crippen LogP contribution in [0.2, 0.25) is 0 Å². The summed E-state index contributed by atoms with van der Waals surface area (Å²) in [6.45, 7) is 11.6. The lowest BCUT2D eigenvalue weighted by Gasteiger charge is -2.32. The predicted octanol–water partition coefficient (Wildman–Crippen LogP) is 16.8. The molecule has 4 heteroatoms. The fourth-order valence-electron chi connectivity index (χ4n) is 10.7. The first-order chi connectivity index (χ1) is 30.8. The molecule has 1 aliphatic carbocycles. The molecule has 12 rings (SSSR count). The highest BCUT2D eigenvalue weighted by molar-refractivity contribution is 6.30. The van der Waals surface area contributed by atoms with E-state index in [2.05, 4.69) is 220 Å². The molecule has 2 aliphatic rings. The minimum absolute atomic E-state index is 0.0744. The maximum atomic E-state index is 7.00. The maximum absolute atomic E-state index is 7.00. The number of fused-ring (bicyclic) bond motifs is 6. The lowest BCUT2D eigenvalue weighted by molar-refractivity contribution is 0.228. The molecule has 2 unspecified atom stereocenters. The van der Waals surface area contributed by atoms with Gasteiger partial charge in [-0.15, -0.1) is 0 Å². The Bertz CT molecular complexity index is 3470. The number of hydrogen-bond donors (Lipinski definition) is 0. The van der Waals surface area contributed by atoms with Gasteiger partial charge in [-0.3, -0.25) is 0 Å². The molecule has 10 aromatic rings. The topological polar surface area (TPSA) is 28.9 Å². The molecule has 0 amide bonds. The molecule has 0 fully saturated rings. The number of ether oxygens (including phenoxy) is 1. The normalized spacial score (nSPS) is 16.8. The van der Waals surface area contributed by atoms with E-state index < -0.39 is 0 Å². The van der Waals surface area contributed by atoms with Gasteiger partial charge in [0.2, 0.25) is 0 Å². The lowest BCUT2D eigenvalue weighted by Crippen LogP contribution is -2.32. The van der Waals surface area contributed by atoms with Crippen molar-refractivity contribution >= 4 is 88.4 Å². The van der Waals surface area contributed by atoms with Crippen molar-refractivity contribution in [2.45, 2.75) is 58.0 Å². The predicted molar refractivity (Wildman–Crippen MR) is 265 cm³/mol. The molecule has 63 heavy (non-hydrogen) atoms. The summed E-state index contributed by atoms with van der Waals surface area (Å²) in [7, 11) is 0. The molecule has 2 heterocycles. The van der Waals surface area contributed by atoms with E-state index in [4.69, 9.17) is 9.15 Å². The molecule has 1 aliphatic heterocycles. The fourth-order valence-corrected chi connectivity index (χ4v) is 10.7. The Morgan fingerprint density at radius 2 is 1.03 bits per heavy atom. The van der Waals surface area contributed by atoms with Crippen LogP contribution in [-0.4, -0.2) is 6.10 Å². The number of hydrogen-bond acceptors (Lipinski definition) is 4. The zero-order chi connectivity index (χ0) is 42.6. The van der Waals surface area contributed by atoms with Crippen molar-refractivity contribution in [1.29, 1.82) is 0 Å². The summed E-state index contributed by atoms with van der Waals surface area (Å²) in [5.41, 5.74) is 11.8. The van der Waals surface area contributed by atoms with Crippen LogP contribution < -0.4 is 14.5 Å². The van der Waals surface area contributed by atoms with Crippen molar-refractivity contribution in [3.05, 3.63) is 199 Å². The Kier molecular flexibility index (Phi) is 8.40. The molecular formula is C59H48N2O2. The van der Waals surface area contributed by atoms with Crippen LogP contribution >= 0.6 is 0 Å². The van der Waals surface area contributed by atoms with Crippen LogP contribution in [0, 0.1) is 0 Å². The molecule has 0 bridgehead atoms. The monoisotopic (exact) mass is 816 g/mol. The van der Waals surface area contributed by atoms with Crippen molar-refractivity contribution in [2.75, 3.05) is 9.80 Å². The van der Waals surface area contributed by atoms with E-state index >= 15 is 0 Å². The molecule has 0 N–H and O–H groups in total. The van der Waals surface area contributed by atoms with E-state index in [-0.39, 0.29) is 23.4 Å². The molecule has 9 aromatic carbocycles. The summed E-state index contributed by atoms with van der Waals surface area (Å²) < 4.78 is 13.8. The number of rotatable bonds is 8. The lowest BCUT2D eigenvalue weighted by atomic mass is 9.76. The number of anilines is 6. The van der Waals surface area contributed by atoms with Gasteiger partial charge < -0.3 is 19.0 Å². The number of allylic oxidation sites excluding steroid dienone is 2. The van der Waals surface area contributed by atoms with Crippen LogP contribution in [0.15, 0.2) is 186 Å². The van der Waals surface area contributed by atoms with Crippen molar-refractivity contribution in [2.24, 2.45) is 0 Å². The van der Waals surface area contributed by atoms with Gasteiger partial charge in [-0.25, -0.2) is 0 Å². The van der Waals surface area contributed by atoms with Gasteiger partial charge in [-0.1, -0.05) is 149 Å². The molecule has 1 aromatic heterocycles. The third-order valence-corrected chi connectivity index (χ3v) is 13.8. The molecule has 306 valence electrons. The first-order valence-electron chi connectivity index (χ1n) is 22.3. The SMILES string of the molecule is CC(C)c1cc(N(c2ccccc2)c2cccc3c2OC2C=CC=CC32C)c2ccc3c(C(C)C)cc(N(c4ccccc4)c4cccc5c4oc4ccccc45)c4ccc1c2c34. The van der Waals surface area contributed by atoms with Gasteiger partial charge in [0.05, 0.1) is 28.2 Å². The smallest absolute Gasteiger partial charge is 0.159 e. The van der Waals surface area contributed by atoms with Crippen LogP contribution in [0.4, 0.5) is 34.1 Å². The summed E-state index contributed by atoms with van der Waals surface area (Å²) in [6, 6.07) is 57.6. The number of furan rings is 1. The molecule has 0 spiro atoms. The largest absolute Gasteiger partial charge is 0.483 e. The Balaban J connectivity index is 1.19. The first kappa shape index (κ1) is 37.5. The Morgan fingerprint density at radius 1 is 0.492 bits per heavy atom. The van der Waals surface area contributed by atoms with Gasteiger partial charge in [0, 0.05) is 38.5 Å². The van der Waals surface area contributed by atoms with E-state index in [9.17, 15) is 0 Å². The van der Waals surface area contributed by atoms with Gasteiger partial charge in [-0.2, -0.15) is 0 Å².